The minimum atomic E-state index is 0.696. The number of nitrogens with two attached hydrogens (primary N) is 1. The maximum atomic E-state index is 5.76. The molecular weight excluding hydrogens is 212 g/mol. The zero-order chi connectivity index (χ0) is 12.7. The molecule has 1 heterocycles. The zero-order valence-electron chi connectivity index (χ0n) is 11.8. The van der Waals surface area contributed by atoms with Crippen molar-refractivity contribution in [1.82, 2.24) is 4.90 Å². The van der Waals surface area contributed by atoms with Gasteiger partial charge in [0.15, 0.2) is 0 Å². The number of hydrogen-bond donors (Lipinski definition) is 1. The molecule has 0 bridgehead atoms. The second kappa shape index (κ2) is 8.06. The molecule has 1 fully saturated rings. The van der Waals surface area contributed by atoms with Gasteiger partial charge in [-0.15, -0.1) is 0 Å². The molecule has 0 spiro atoms. The van der Waals surface area contributed by atoms with Crippen LogP contribution in [0, 0.1) is 11.8 Å². The fourth-order valence-electron chi connectivity index (χ4n) is 2.37. The molecule has 2 atom stereocenters. The van der Waals surface area contributed by atoms with Crippen molar-refractivity contribution < 1.29 is 4.74 Å². The summed E-state index contributed by atoms with van der Waals surface area (Å²) in [5.74, 6) is 1.44. The molecule has 3 heteroatoms. The highest BCUT2D eigenvalue weighted by Crippen LogP contribution is 2.20. The number of likely N-dealkylation sites (tertiary alicyclic amines) is 1. The van der Waals surface area contributed by atoms with Gasteiger partial charge < -0.3 is 10.5 Å². The molecular formula is C14H30N2O. The van der Waals surface area contributed by atoms with Crippen LogP contribution in [0.2, 0.25) is 0 Å². The monoisotopic (exact) mass is 242 g/mol. The molecule has 1 aliphatic rings. The van der Waals surface area contributed by atoms with Gasteiger partial charge in [-0.25, -0.2) is 0 Å². The molecule has 0 aliphatic carbocycles. The number of piperidine rings is 1. The number of rotatable bonds is 7. The molecule has 102 valence electrons. The summed E-state index contributed by atoms with van der Waals surface area (Å²) < 4.78 is 5.69. The summed E-state index contributed by atoms with van der Waals surface area (Å²) >= 11 is 0. The van der Waals surface area contributed by atoms with Crippen molar-refractivity contribution >= 4 is 0 Å². The van der Waals surface area contributed by atoms with Gasteiger partial charge in [0.2, 0.25) is 0 Å². The quantitative estimate of drug-likeness (QED) is 0.695. The van der Waals surface area contributed by atoms with E-state index < -0.39 is 0 Å². The molecule has 0 aromatic heterocycles. The highest BCUT2D eigenvalue weighted by atomic mass is 16.5. The SMILES string of the molecule is CC(C)CCOCCN1CC(CN)CCC1C. The van der Waals surface area contributed by atoms with Crippen LogP contribution in [0.25, 0.3) is 0 Å². The Bertz CT molecular complexity index is 197. The lowest BCUT2D eigenvalue weighted by molar-refractivity contribution is 0.0578. The van der Waals surface area contributed by atoms with Crippen LogP contribution in [0.4, 0.5) is 0 Å². The number of hydrogen-bond acceptors (Lipinski definition) is 3. The van der Waals surface area contributed by atoms with Crippen LogP contribution in [0.5, 0.6) is 0 Å². The molecule has 1 aliphatic heterocycles. The molecule has 1 rings (SSSR count). The van der Waals surface area contributed by atoms with Crippen molar-refractivity contribution in [3.05, 3.63) is 0 Å². The minimum absolute atomic E-state index is 0.696. The van der Waals surface area contributed by atoms with Crippen LogP contribution in [0.15, 0.2) is 0 Å². The van der Waals surface area contributed by atoms with E-state index in [0.29, 0.717) is 12.0 Å². The second-order valence-corrected chi connectivity index (χ2v) is 5.82. The van der Waals surface area contributed by atoms with E-state index in [9.17, 15) is 0 Å². The molecule has 0 radical (unpaired) electrons. The van der Waals surface area contributed by atoms with E-state index in [1.807, 2.05) is 0 Å². The lowest BCUT2D eigenvalue weighted by Gasteiger charge is -2.37. The van der Waals surface area contributed by atoms with Crippen molar-refractivity contribution in [2.75, 3.05) is 32.8 Å². The summed E-state index contributed by atoms with van der Waals surface area (Å²) in [6, 6.07) is 0.700. The Balaban J connectivity index is 2.12. The molecule has 0 aromatic carbocycles. The van der Waals surface area contributed by atoms with E-state index in [0.717, 1.165) is 38.8 Å². The molecule has 0 amide bonds. The van der Waals surface area contributed by atoms with E-state index >= 15 is 0 Å². The Hall–Kier alpha value is -0.120. The molecule has 0 saturated carbocycles. The third-order valence-corrected chi connectivity index (χ3v) is 3.80. The molecule has 3 nitrogen and oxygen atoms in total. The Morgan fingerprint density at radius 3 is 2.71 bits per heavy atom. The Kier molecular flexibility index (Phi) is 7.09. The fourth-order valence-corrected chi connectivity index (χ4v) is 2.37. The minimum Gasteiger partial charge on any atom is -0.380 e. The van der Waals surface area contributed by atoms with E-state index in [-0.39, 0.29) is 0 Å². The van der Waals surface area contributed by atoms with Gasteiger partial charge in [0.25, 0.3) is 0 Å². The van der Waals surface area contributed by atoms with Crippen LogP contribution in [0.1, 0.15) is 40.0 Å². The first-order valence-corrected chi connectivity index (χ1v) is 7.15. The van der Waals surface area contributed by atoms with Gasteiger partial charge in [-0.05, 0) is 44.6 Å². The molecule has 0 aromatic rings. The Morgan fingerprint density at radius 1 is 1.29 bits per heavy atom. The number of nitrogens with zero attached hydrogens (tertiary/aromatic N) is 1. The number of ether oxygens (including phenoxy) is 1. The predicted octanol–water partition coefficient (Wildman–Crippen LogP) is 2.11. The Morgan fingerprint density at radius 2 is 2.06 bits per heavy atom. The van der Waals surface area contributed by atoms with E-state index in [1.165, 1.54) is 19.3 Å². The van der Waals surface area contributed by atoms with Gasteiger partial charge in [-0.3, -0.25) is 4.90 Å². The van der Waals surface area contributed by atoms with Crippen LogP contribution in [-0.4, -0.2) is 43.8 Å². The lowest BCUT2D eigenvalue weighted by atomic mass is 9.94. The summed E-state index contributed by atoms with van der Waals surface area (Å²) in [4.78, 5) is 2.54. The fraction of sp³-hybridized carbons (Fsp3) is 1.00. The average Bonchev–Trinajstić information content (AvgIpc) is 2.30. The van der Waals surface area contributed by atoms with Crippen molar-refractivity contribution in [1.29, 1.82) is 0 Å². The van der Waals surface area contributed by atoms with Crippen molar-refractivity contribution in [3.8, 4) is 0 Å². The Labute approximate surface area is 107 Å². The van der Waals surface area contributed by atoms with E-state index in [2.05, 4.69) is 25.7 Å². The van der Waals surface area contributed by atoms with Crippen LogP contribution in [0.3, 0.4) is 0 Å². The molecule has 2 N–H and O–H groups in total. The van der Waals surface area contributed by atoms with E-state index in [4.69, 9.17) is 10.5 Å². The van der Waals surface area contributed by atoms with Crippen molar-refractivity contribution in [3.63, 3.8) is 0 Å². The summed E-state index contributed by atoms with van der Waals surface area (Å²) in [7, 11) is 0. The van der Waals surface area contributed by atoms with Gasteiger partial charge in [-0.2, -0.15) is 0 Å². The van der Waals surface area contributed by atoms with Crippen molar-refractivity contribution in [2.45, 2.75) is 46.1 Å². The van der Waals surface area contributed by atoms with Crippen molar-refractivity contribution in [2.24, 2.45) is 17.6 Å². The van der Waals surface area contributed by atoms with Gasteiger partial charge in [0, 0.05) is 25.7 Å². The highest BCUT2D eigenvalue weighted by molar-refractivity contribution is 4.79. The normalized spacial score (nSPS) is 26.6. The maximum absolute atomic E-state index is 5.76. The average molecular weight is 242 g/mol. The van der Waals surface area contributed by atoms with Gasteiger partial charge in [0.1, 0.15) is 0 Å². The highest BCUT2D eigenvalue weighted by Gasteiger charge is 2.23. The van der Waals surface area contributed by atoms with Crippen LogP contribution < -0.4 is 5.73 Å². The van der Waals surface area contributed by atoms with E-state index in [1.54, 1.807) is 0 Å². The van der Waals surface area contributed by atoms with Crippen LogP contribution >= 0.6 is 0 Å². The summed E-state index contributed by atoms with van der Waals surface area (Å²) in [5.41, 5.74) is 5.76. The van der Waals surface area contributed by atoms with Gasteiger partial charge >= 0.3 is 0 Å². The summed E-state index contributed by atoms with van der Waals surface area (Å²) in [6.45, 7) is 11.6. The largest absolute Gasteiger partial charge is 0.380 e. The first-order valence-electron chi connectivity index (χ1n) is 7.15. The standard InChI is InChI=1S/C14H30N2O/c1-12(2)6-8-17-9-7-16-11-14(10-15)5-4-13(16)3/h12-14H,4-11,15H2,1-3H3. The lowest BCUT2D eigenvalue weighted by Crippen LogP contribution is -2.45. The summed E-state index contributed by atoms with van der Waals surface area (Å²) in [6.07, 6.45) is 3.75. The first-order chi connectivity index (χ1) is 8.13. The first kappa shape index (κ1) is 14.9. The smallest absolute Gasteiger partial charge is 0.0593 e. The third-order valence-electron chi connectivity index (χ3n) is 3.80. The second-order valence-electron chi connectivity index (χ2n) is 5.82. The third kappa shape index (κ3) is 5.84. The summed E-state index contributed by atoms with van der Waals surface area (Å²) in [5, 5.41) is 0. The topological polar surface area (TPSA) is 38.5 Å². The van der Waals surface area contributed by atoms with Crippen LogP contribution in [-0.2, 0) is 4.74 Å². The van der Waals surface area contributed by atoms with Gasteiger partial charge in [-0.1, -0.05) is 13.8 Å². The molecule has 17 heavy (non-hydrogen) atoms. The maximum Gasteiger partial charge on any atom is 0.0593 e. The molecule has 2 unspecified atom stereocenters. The van der Waals surface area contributed by atoms with Gasteiger partial charge in [0.05, 0.1) is 6.61 Å². The molecule has 1 saturated heterocycles. The predicted molar refractivity (Wildman–Crippen MR) is 73.1 cm³/mol. The zero-order valence-corrected chi connectivity index (χ0v) is 11.8.